The van der Waals surface area contributed by atoms with Crippen molar-refractivity contribution in [1.82, 2.24) is 24.3 Å². The third kappa shape index (κ3) is 1.70. The van der Waals surface area contributed by atoms with Crippen molar-refractivity contribution in [2.75, 3.05) is 0 Å². The summed E-state index contributed by atoms with van der Waals surface area (Å²) < 4.78 is 4.65. The summed E-state index contributed by atoms with van der Waals surface area (Å²) in [5, 5.41) is 6.54. The van der Waals surface area contributed by atoms with Gasteiger partial charge < -0.3 is 4.98 Å². The van der Waals surface area contributed by atoms with Gasteiger partial charge in [0.2, 0.25) is 0 Å². The van der Waals surface area contributed by atoms with Crippen LogP contribution in [-0.2, 0) is 20.0 Å². The van der Waals surface area contributed by atoms with Crippen molar-refractivity contribution in [2.24, 2.45) is 7.05 Å². The summed E-state index contributed by atoms with van der Waals surface area (Å²) in [4.78, 5) is 7.55. The lowest BCUT2D eigenvalue weighted by Gasteiger charge is -2.01. The molecule has 0 atom stereocenters. The third-order valence-corrected chi connectivity index (χ3v) is 3.92. The van der Waals surface area contributed by atoms with E-state index in [9.17, 15) is 0 Å². The normalized spacial score (nSPS) is 11.4. The summed E-state index contributed by atoms with van der Waals surface area (Å²) in [7, 11) is 1.95. The fraction of sp³-hybridized carbons (Fsp3) is 0.364. The highest BCUT2D eigenvalue weighted by Gasteiger charge is 2.14. The van der Waals surface area contributed by atoms with Crippen LogP contribution in [-0.4, -0.2) is 24.3 Å². The van der Waals surface area contributed by atoms with Crippen molar-refractivity contribution < 1.29 is 0 Å². The number of aryl methyl sites for hydroxylation is 2. The molecule has 0 bridgehead atoms. The molecule has 1 N–H and O–H groups in total. The van der Waals surface area contributed by atoms with Gasteiger partial charge in [0.25, 0.3) is 0 Å². The number of nitrogens with one attached hydrogen (secondary N) is 1. The second kappa shape index (κ2) is 4.33. The number of thiazole rings is 1. The van der Waals surface area contributed by atoms with Gasteiger partial charge in [-0.15, -0.1) is 11.3 Å². The SMILES string of the molecule is CCc1nn(C)c2c1[nH]c(=S)n2Cc1cscn1. The topological polar surface area (TPSA) is 51.4 Å². The van der Waals surface area contributed by atoms with Crippen molar-refractivity contribution in [3.05, 3.63) is 27.0 Å². The van der Waals surface area contributed by atoms with Gasteiger partial charge in [0, 0.05) is 12.4 Å². The Kier molecular flexibility index (Phi) is 2.79. The number of aromatic nitrogens is 5. The number of nitrogens with zero attached hydrogens (tertiary/aromatic N) is 4. The summed E-state index contributed by atoms with van der Waals surface area (Å²) >= 11 is 6.98. The molecule has 3 aromatic rings. The smallest absolute Gasteiger partial charge is 0.179 e. The maximum atomic E-state index is 5.39. The molecule has 18 heavy (non-hydrogen) atoms. The lowest BCUT2D eigenvalue weighted by atomic mass is 10.3. The zero-order valence-corrected chi connectivity index (χ0v) is 11.8. The predicted molar refractivity (Wildman–Crippen MR) is 74.5 cm³/mol. The minimum Gasteiger partial charge on any atom is -0.328 e. The predicted octanol–water partition coefficient (Wildman–Crippen LogP) is 2.50. The van der Waals surface area contributed by atoms with E-state index in [1.165, 1.54) is 0 Å². The summed E-state index contributed by atoms with van der Waals surface area (Å²) in [6.07, 6.45) is 0.892. The molecule has 0 radical (unpaired) electrons. The number of rotatable bonds is 3. The first-order valence-electron chi connectivity index (χ1n) is 5.72. The van der Waals surface area contributed by atoms with Crippen LogP contribution in [0.4, 0.5) is 0 Å². The number of H-pyrrole nitrogens is 1. The molecular formula is C11H13N5S2. The van der Waals surface area contributed by atoms with Crippen LogP contribution < -0.4 is 0 Å². The summed E-state index contributed by atoms with van der Waals surface area (Å²) in [6, 6.07) is 0. The molecule has 0 aliphatic heterocycles. The van der Waals surface area contributed by atoms with Crippen LogP contribution in [0.25, 0.3) is 11.2 Å². The van der Waals surface area contributed by atoms with Crippen LogP contribution in [0.1, 0.15) is 18.3 Å². The average molecular weight is 279 g/mol. The molecule has 7 heteroatoms. The highest BCUT2D eigenvalue weighted by atomic mass is 32.1. The number of aromatic amines is 1. The molecule has 5 nitrogen and oxygen atoms in total. The fourth-order valence-corrected chi connectivity index (χ4v) is 2.95. The second-order valence-corrected chi connectivity index (χ2v) is 5.22. The lowest BCUT2D eigenvalue weighted by Crippen LogP contribution is -2.04. The summed E-state index contributed by atoms with van der Waals surface area (Å²) in [6.45, 7) is 2.78. The van der Waals surface area contributed by atoms with Crippen molar-refractivity contribution in [3.63, 3.8) is 0 Å². The minimum absolute atomic E-state index is 0.686. The number of hydrogen-bond acceptors (Lipinski definition) is 4. The summed E-state index contributed by atoms with van der Waals surface area (Å²) in [5.41, 5.74) is 5.99. The van der Waals surface area contributed by atoms with Gasteiger partial charge in [0.15, 0.2) is 10.4 Å². The van der Waals surface area contributed by atoms with Gasteiger partial charge in [-0.05, 0) is 18.6 Å². The molecule has 0 aromatic carbocycles. The first-order valence-corrected chi connectivity index (χ1v) is 7.07. The van der Waals surface area contributed by atoms with Gasteiger partial charge in [0.05, 0.1) is 23.4 Å². The Balaban J connectivity index is 2.19. The van der Waals surface area contributed by atoms with Gasteiger partial charge >= 0.3 is 0 Å². The highest BCUT2D eigenvalue weighted by Crippen LogP contribution is 2.19. The van der Waals surface area contributed by atoms with Gasteiger partial charge in [-0.1, -0.05) is 6.92 Å². The molecule has 94 valence electrons. The van der Waals surface area contributed by atoms with E-state index >= 15 is 0 Å². The zero-order chi connectivity index (χ0) is 12.7. The maximum Gasteiger partial charge on any atom is 0.179 e. The molecule has 0 unspecified atom stereocenters. The van der Waals surface area contributed by atoms with Crippen LogP contribution in [0.5, 0.6) is 0 Å². The number of imidazole rings is 1. The van der Waals surface area contributed by atoms with Crippen LogP contribution in [0.3, 0.4) is 0 Å². The van der Waals surface area contributed by atoms with Gasteiger partial charge in [-0.2, -0.15) is 5.10 Å². The molecule has 0 amide bonds. The molecular weight excluding hydrogens is 266 g/mol. The van der Waals surface area contributed by atoms with Gasteiger partial charge in [-0.25, -0.2) is 4.98 Å². The molecule has 0 saturated carbocycles. The van der Waals surface area contributed by atoms with Crippen LogP contribution >= 0.6 is 23.6 Å². The molecule has 0 aliphatic carbocycles. The Hall–Kier alpha value is -1.47. The van der Waals surface area contributed by atoms with E-state index in [0.29, 0.717) is 6.54 Å². The Labute approximate surface area is 113 Å². The third-order valence-electron chi connectivity index (χ3n) is 2.96. The van der Waals surface area contributed by atoms with E-state index in [1.807, 2.05) is 27.2 Å². The average Bonchev–Trinajstić information content (AvgIpc) is 3.01. The van der Waals surface area contributed by atoms with Crippen molar-refractivity contribution in [3.8, 4) is 0 Å². The van der Waals surface area contributed by atoms with E-state index in [0.717, 1.165) is 33.7 Å². The largest absolute Gasteiger partial charge is 0.328 e. The Morgan fingerprint density at radius 2 is 2.33 bits per heavy atom. The Morgan fingerprint density at radius 1 is 1.50 bits per heavy atom. The molecule has 3 heterocycles. The molecule has 0 fully saturated rings. The standard InChI is InChI=1S/C11H13N5S2/c1-3-8-9-10(15(2)14-8)16(11(17)13-9)4-7-5-18-6-12-7/h5-6H,3-4H2,1-2H3,(H,13,17). The van der Waals surface area contributed by atoms with Crippen LogP contribution in [0.2, 0.25) is 0 Å². The number of hydrogen-bond donors (Lipinski definition) is 1. The maximum absolute atomic E-state index is 5.39. The number of fused-ring (bicyclic) bond motifs is 1. The Bertz CT molecular complexity index is 731. The molecule has 0 spiro atoms. The van der Waals surface area contributed by atoms with Crippen molar-refractivity contribution >= 4 is 34.7 Å². The fourth-order valence-electron chi connectivity index (χ4n) is 2.15. The molecule has 0 saturated heterocycles. The summed E-state index contributed by atoms with van der Waals surface area (Å²) in [5.74, 6) is 0. The van der Waals surface area contributed by atoms with E-state index in [4.69, 9.17) is 12.2 Å². The molecule has 3 rings (SSSR count). The first-order chi connectivity index (χ1) is 8.70. The second-order valence-electron chi connectivity index (χ2n) is 4.12. The van der Waals surface area contributed by atoms with Crippen LogP contribution in [0, 0.1) is 4.77 Å². The zero-order valence-electron chi connectivity index (χ0n) is 10.2. The van der Waals surface area contributed by atoms with E-state index in [2.05, 4.69) is 22.0 Å². The van der Waals surface area contributed by atoms with E-state index in [-0.39, 0.29) is 0 Å². The Morgan fingerprint density at radius 3 is 3.00 bits per heavy atom. The van der Waals surface area contributed by atoms with E-state index < -0.39 is 0 Å². The van der Waals surface area contributed by atoms with Crippen molar-refractivity contribution in [1.29, 1.82) is 0 Å². The minimum atomic E-state index is 0.686. The van der Waals surface area contributed by atoms with E-state index in [1.54, 1.807) is 11.3 Å². The van der Waals surface area contributed by atoms with Gasteiger partial charge in [-0.3, -0.25) is 9.25 Å². The van der Waals surface area contributed by atoms with Gasteiger partial charge in [0.1, 0.15) is 5.52 Å². The molecule has 3 aromatic heterocycles. The monoisotopic (exact) mass is 279 g/mol. The molecule has 0 aliphatic rings. The van der Waals surface area contributed by atoms with Crippen molar-refractivity contribution in [2.45, 2.75) is 19.9 Å². The quantitative estimate of drug-likeness (QED) is 0.749. The van der Waals surface area contributed by atoms with Crippen LogP contribution in [0.15, 0.2) is 10.9 Å². The lowest BCUT2D eigenvalue weighted by molar-refractivity contribution is 0.704. The highest BCUT2D eigenvalue weighted by molar-refractivity contribution is 7.71. The first kappa shape index (κ1) is 11.6.